The number of hydrogen-bond donors (Lipinski definition) is 0. The average molecular weight is 296 g/mol. The zero-order chi connectivity index (χ0) is 12.1. The molecule has 0 atom stereocenters. The summed E-state index contributed by atoms with van der Waals surface area (Å²) in [4.78, 5) is 3.94. The maximum atomic E-state index is 13.2. The van der Waals surface area contributed by atoms with Crippen molar-refractivity contribution in [3.05, 3.63) is 58.6 Å². The molecule has 0 saturated carbocycles. The molecule has 0 amide bonds. The number of benzene rings is 1. The van der Waals surface area contributed by atoms with Crippen LogP contribution in [0.1, 0.15) is 5.56 Å². The molecule has 0 aliphatic carbocycles. The Morgan fingerprint density at radius 2 is 1.94 bits per heavy atom. The Hall–Kier alpha value is -1.42. The minimum absolute atomic E-state index is 0.314. The van der Waals surface area contributed by atoms with E-state index < -0.39 is 0 Å². The number of halogens is 2. The minimum Gasteiger partial charge on any atom is -0.493 e. The third-order valence-corrected chi connectivity index (χ3v) is 2.94. The van der Waals surface area contributed by atoms with Crippen LogP contribution in [0.4, 0.5) is 4.39 Å². The second-order valence-electron chi connectivity index (χ2n) is 3.53. The van der Waals surface area contributed by atoms with Crippen molar-refractivity contribution in [3.8, 4) is 5.75 Å². The second-order valence-corrected chi connectivity index (χ2v) is 4.38. The summed E-state index contributed by atoms with van der Waals surface area (Å²) in [5, 5.41) is 0. The van der Waals surface area contributed by atoms with Crippen molar-refractivity contribution in [1.82, 2.24) is 4.98 Å². The Kier molecular flexibility index (Phi) is 4.09. The predicted molar refractivity (Wildman–Crippen MR) is 67.5 cm³/mol. The molecular weight excluding hydrogens is 285 g/mol. The van der Waals surface area contributed by atoms with Gasteiger partial charge in [-0.3, -0.25) is 4.98 Å². The van der Waals surface area contributed by atoms with Crippen LogP contribution in [0.5, 0.6) is 5.75 Å². The van der Waals surface area contributed by atoms with Gasteiger partial charge in [-0.25, -0.2) is 4.39 Å². The SMILES string of the molecule is Fc1cc(OCCc2ccncc2)ccc1Br. The minimum atomic E-state index is -0.314. The van der Waals surface area contributed by atoms with E-state index in [0.717, 1.165) is 12.0 Å². The Labute approximate surface area is 108 Å². The van der Waals surface area contributed by atoms with E-state index in [0.29, 0.717) is 16.8 Å². The number of pyridine rings is 1. The van der Waals surface area contributed by atoms with Gasteiger partial charge < -0.3 is 4.74 Å². The van der Waals surface area contributed by atoms with E-state index in [1.54, 1.807) is 24.5 Å². The van der Waals surface area contributed by atoms with E-state index in [1.807, 2.05) is 12.1 Å². The molecule has 1 aromatic heterocycles. The van der Waals surface area contributed by atoms with E-state index in [1.165, 1.54) is 6.07 Å². The topological polar surface area (TPSA) is 22.1 Å². The molecule has 0 aliphatic rings. The van der Waals surface area contributed by atoms with Crippen LogP contribution < -0.4 is 4.74 Å². The molecule has 0 N–H and O–H groups in total. The van der Waals surface area contributed by atoms with Crippen molar-refractivity contribution >= 4 is 15.9 Å². The van der Waals surface area contributed by atoms with Crippen molar-refractivity contribution in [3.63, 3.8) is 0 Å². The molecule has 0 spiro atoms. The Balaban J connectivity index is 1.88. The van der Waals surface area contributed by atoms with Gasteiger partial charge in [-0.15, -0.1) is 0 Å². The summed E-state index contributed by atoms with van der Waals surface area (Å²) < 4.78 is 19.1. The number of hydrogen-bond acceptors (Lipinski definition) is 2. The van der Waals surface area contributed by atoms with E-state index in [-0.39, 0.29) is 5.82 Å². The molecule has 17 heavy (non-hydrogen) atoms. The lowest BCUT2D eigenvalue weighted by atomic mass is 10.2. The fourth-order valence-corrected chi connectivity index (χ4v) is 1.65. The largest absolute Gasteiger partial charge is 0.493 e. The molecule has 0 unspecified atom stereocenters. The maximum absolute atomic E-state index is 13.2. The molecule has 0 aliphatic heterocycles. The fourth-order valence-electron chi connectivity index (χ4n) is 1.40. The monoisotopic (exact) mass is 295 g/mol. The first-order valence-corrected chi connectivity index (χ1v) is 6.02. The highest BCUT2D eigenvalue weighted by molar-refractivity contribution is 9.10. The Bertz CT molecular complexity index is 490. The third-order valence-electron chi connectivity index (χ3n) is 2.30. The van der Waals surface area contributed by atoms with Gasteiger partial charge in [0.1, 0.15) is 11.6 Å². The highest BCUT2D eigenvalue weighted by Gasteiger charge is 2.01. The molecule has 0 saturated heterocycles. The molecule has 88 valence electrons. The first-order chi connectivity index (χ1) is 8.25. The Morgan fingerprint density at radius 3 is 2.65 bits per heavy atom. The van der Waals surface area contributed by atoms with Gasteiger partial charge in [0.15, 0.2) is 0 Å². The number of aromatic nitrogens is 1. The lowest BCUT2D eigenvalue weighted by Gasteiger charge is -2.06. The van der Waals surface area contributed by atoms with E-state index in [4.69, 9.17) is 4.74 Å². The van der Waals surface area contributed by atoms with Crippen molar-refractivity contribution in [2.45, 2.75) is 6.42 Å². The van der Waals surface area contributed by atoms with Crippen molar-refractivity contribution < 1.29 is 9.13 Å². The first kappa shape index (κ1) is 12.0. The van der Waals surface area contributed by atoms with E-state index >= 15 is 0 Å². The quantitative estimate of drug-likeness (QED) is 0.860. The van der Waals surface area contributed by atoms with Crippen molar-refractivity contribution in [2.24, 2.45) is 0 Å². The summed E-state index contributed by atoms with van der Waals surface area (Å²) in [5.74, 6) is 0.228. The number of rotatable bonds is 4. The summed E-state index contributed by atoms with van der Waals surface area (Å²) in [6.07, 6.45) is 4.27. The van der Waals surface area contributed by atoms with Crippen LogP contribution in [0.15, 0.2) is 47.2 Å². The maximum Gasteiger partial charge on any atom is 0.141 e. The molecule has 0 bridgehead atoms. The summed E-state index contributed by atoms with van der Waals surface area (Å²) in [6.45, 7) is 0.519. The van der Waals surface area contributed by atoms with Crippen LogP contribution in [0.25, 0.3) is 0 Å². The molecule has 2 aromatic rings. The average Bonchev–Trinajstić information content (AvgIpc) is 2.35. The van der Waals surface area contributed by atoms with Gasteiger partial charge in [0.25, 0.3) is 0 Å². The van der Waals surface area contributed by atoms with E-state index in [2.05, 4.69) is 20.9 Å². The summed E-state index contributed by atoms with van der Waals surface area (Å²) >= 11 is 3.10. The van der Waals surface area contributed by atoms with Crippen LogP contribution in [0, 0.1) is 5.82 Å². The Morgan fingerprint density at radius 1 is 1.18 bits per heavy atom. The zero-order valence-corrected chi connectivity index (χ0v) is 10.7. The van der Waals surface area contributed by atoms with Gasteiger partial charge in [-0.2, -0.15) is 0 Å². The van der Waals surface area contributed by atoms with Crippen LogP contribution in [-0.4, -0.2) is 11.6 Å². The molecule has 2 rings (SSSR count). The van der Waals surface area contributed by atoms with Crippen molar-refractivity contribution in [1.29, 1.82) is 0 Å². The van der Waals surface area contributed by atoms with Gasteiger partial charge in [0.05, 0.1) is 11.1 Å². The van der Waals surface area contributed by atoms with Crippen LogP contribution >= 0.6 is 15.9 Å². The standard InChI is InChI=1S/C13H11BrFNO/c14-12-2-1-11(9-13(12)15)17-8-5-10-3-6-16-7-4-10/h1-4,6-7,9H,5,8H2. The van der Waals surface area contributed by atoms with Crippen LogP contribution in [0.2, 0.25) is 0 Å². The molecular formula is C13H11BrFNO. The number of ether oxygens (including phenoxy) is 1. The van der Waals surface area contributed by atoms with E-state index in [9.17, 15) is 4.39 Å². The molecule has 0 fully saturated rings. The normalized spacial score (nSPS) is 10.2. The third kappa shape index (κ3) is 3.53. The summed E-state index contributed by atoms with van der Waals surface area (Å²) in [6, 6.07) is 8.62. The van der Waals surface area contributed by atoms with Crippen molar-refractivity contribution in [2.75, 3.05) is 6.61 Å². The summed E-state index contributed by atoms with van der Waals surface area (Å²) in [7, 11) is 0. The highest BCUT2D eigenvalue weighted by Crippen LogP contribution is 2.20. The summed E-state index contributed by atoms with van der Waals surface area (Å²) in [5.41, 5.74) is 1.15. The van der Waals surface area contributed by atoms with Crippen LogP contribution in [-0.2, 0) is 6.42 Å². The lowest BCUT2D eigenvalue weighted by Crippen LogP contribution is -2.01. The highest BCUT2D eigenvalue weighted by atomic mass is 79.9. The predicted octanol–water partition coefficient (Wildman–Crippen LogP) is 3.60. The van der Waals surface area contributed by atoms with Crippen LogP contribution in [0.3, 0.4) is 0 Å². The molecule has 4 heteroatoms. The molecule has 1 heterocycles. The lowest BCUT2D eigenvalue weighted by molar-refractivity contribution is 0.320. The van der Waals surface area contributed by atoms with Gasteiger partial charge in [-0.05, 0) is 45.8 Å². The fraction of sp³-hybridized carbons (Fsp3) is 0.154. The van der Waals surface area contributed by atoms with Gasteiger partial charge in [0, 0.05) is 24.9 Å². The van der Waals surface area contributed by atoms with Gasteiger partial charge in [-0.1, -0.05) is 0 Å². The van der Waals surface area contributed by atoms with Gasteiger partial charge in [0.2, 0.25) is 0 Å². The molecule has 1 aromatic carbocycles. The smallest absolute Gasteiger partial charge is 0.141 e. The number of nitrogens with zero attached hydrogens (tertiary/aromatic N) is 1. The molecule has 0 radical (unpaired) electrons. The second kappa shape index (κ2) is 5.77. The first-order valence-electron chi connectivity index (χ1n) is 5.22. The van der Waals surface area contributed by atoms with Gasteiger partial charge >= 0.3 is 0 Å². The molecule has 2 nitrogen and oxygen atoms in total. The zero-order valence-electron chi connectivity index (χ0n) is 9.07.